The Morgan fingerprint density at radius 2 is 1.86 bits per heavy atom. The van der Waals surface area contributed by atoms with E-state index in [2.05, 4.69) is 9.97 Å². The Kier molecular flexibility index (Phi) is 3.01. The molecule has 0 radical (unpaired) electrons. The molecular weight excluding hydrogens is 281 g/mol. The quantitative estimate of drug-likeness (QED) is 0.744. The van der Waals surface area contributed by atoms with Crippen LogP contribution in [0, 0.1) is 0 Å². The van der Waals surface area contributed by atoms with Gasteiger partial charge in [-0.1, -0.05) is 18.2 Å². The lowest BCUT2D eigenvalue weighted by molar-refractivity contribution is -0.137. The van der Waals surface area contributed by atoms with Crippen molar-refractivity contribution in [3.05, 3.63) is 64.6 Å². The van der Waals surface area contributed by atoms with E-state index in [9.17, 15) is 18.0 Å². The second-order valence-electron chi connectivity index (χ2n) is 4.52. The van der Waals surface area contributed by atoms with Crippen molar-refractivity contribution in [2.24, 2.45) is 0 Å². The number of H-pyrrole nitrogens is 1. The maximum atomic E-state index is 12.8. The summed E-state index contributed by atoms with van der Waals surface area (Å²) in [6.45, 7) is 0. The summed E-state index contributed by atoms with van der Waals surface area (Å²) >= 11 is 0. The average Bonchev–Trinajstić information content (AvgIpc) is 2.45. The standard InChI is InChI=1S/C15H9F3N2O/c16-15(17,18)9-7-13(20-14(21)8-9)11-3-1-5-12-10(11)4-2-6-19-12/h1-8H,(H,20,21). The number of halogens is 3. The van der Waals surface area contributed by atoms with Crippen LogP contribution in [0.1, 0.15) is 5.56 Å². The Labute approximate surface area is 117 Å². The molecule has 0 aliphatic rings. The molecule has 3 aromatic rings. The van der Waals surface area contributed by atoms with E-state index in [1.165, 1.54) is 0 Å². The molecule has 6 heteroatoms. The second-order valence-corrected chi connectivity index (χ2v) is 4.52. The zero-order chi connectivity index (χ0) is 15.0. The lowest BCUT2D eigenvalue weighted by atomic mass is 10.0. The van der Waals surface area contributed by atoms with Crippen LogP contribution in [-0.2, 0) is 6.18 Å². The first-order valence-corrected chi connectivity index (χ1v) is 6.11. The van der Waals surface area contributed by atoms with Crippen molar-refractivity contribution in [2.45, 2.75) is 6.18 Å². The van der Waals surface area contributed by atoms with Gasteiger partial charge in [-0.3, -0.25) is 9.78 Å². The molecule has 3 rings (SSSR count). The molecule has 0 amide bonds. The third-order valence-corrected chi connectivity index (χ3v) is 3.11. The summed E-state index contributed by atoms with van der Waals surface area (Å²) in [7, 11) is 0. The Morgan fingerprint density at radius 1 is 1.05 bits per heavy atom. The van der Waals surface area contributed by atoms with Gasteiger partial charge in [-0.15, -0.1) is 0 Å². The van der Waals surface area contributed by atoms with Crippen LogP contribution in [0.15, 0.2) is 53.5 Å². The van der Waals surface area contributed by atoms with Gasteiger partial charge in [0, 0.05) is 28.9 Å². The van der Waals surface area contributed by atoms with Crippen molar-refractivity contribution in [2.75, 3.05) is 0 Å². The molecule has 21 heavy (non-hydrogen) atoms. The summed E-state index contributed by atoms with van der Waals surface area (Å²) in [4.78, 5) is 18.1. The van der Waals surface area contributed by atoms with Gasteiger partial charge < -0.3 is 4.98 Å². The highest BCUT2D eigenvalue weighted by atomic mass is 19.4. The van der Waals surface area contributed by atoms with E-state index in [1.807, 2.05) is 0 Å². The summed E-state index contributed by atoms with van der Waals surface area (Å²) < 4.78 is 38.4. The highest BCUT2D eigenvalue weighted by molar-refractivity contribution is 5.93. The molecule has 0 spiro atoms. The molecular formula is C15H9F3N2O. The van der Waals surface area contributed by atoms with Crippen LogP contribution in [0.25, 0.3) is 22.2 Å². The number of fused-ring (bicyclic) bond motifs is 1. The number of hydrogen-bond acceptors (Lipinski definition) is 2. The first-order valence-electron chi connectivity index (χ1n) is 6.11. The normalized spacial score (nSPS) is 11.8. The number of rotatable bonds is 1. The number of alkyl halides is 3. The van der Waals surface area contributed by atoms with Crippen molar-refractivity contribution in [3.63, 3.8) is 0 Å². The van der Waals surface area contributed by atoms with Crippen LogP contribution in [0.5, 0.6) is 0 Å². The van der Waals surface area contributed by atoms with E-state index in [4.69, 9.17) is 0 Å². The summed E-state index contributed by atoms with van der Waals surface area (Å²) in [5.74, 6) is 0. The lowest BCUT2D eigenvalue weighted by Gasteiger charge is -2.10. The molecule has 1 N–H and O–H groups in total. The topological polar surface area (TPSA) is 45.8 Å². The lowest BCUT2D eigenvalue weighted by Crippen LogP contribution is -2.13. The van der Waals surface area contributed by atoms with E-state index in [1.54, 1.807) is 36.5 Å². The van der Waals surface area contributed by atoms with Crippen molar-refractivity contribution < 1.29 is 13.2 Å². The fourth-order valence-corrected chi connectivity index (χ4v) is 2.19. The Bertz CT molecular complexity index is 863. The molecule has 0 saturated carbocycles. The molecule has 0 unspecified atom stereocenters. The maximum absolute atomic E-state index is 12.8. The second kappa shape index (κ2) is 4.73. The zero-order valence-corrected chi connectivity index (χ0v) is 10.6. The number of nitrogens with zero attached hydrogens (tertiary/aromatic N) is 1. The highest BCUT2D eigenvalue weighted by Gasteiger charge is 2.31. The summed E-state index contributed by atoms with van der Waals surface area (Å²) in [6, 6.07) is 10.0. The van der Waals surface area contributed by atoms with Gasteiger partial charge in [-0.25, -0.2) is 0 Å². The molecule has 0 fully saturated rings. The van der Waals surface area contributed by atoms with E-state index in [0.29, 0.717) is 22.5 Å². The zero-order valence-electron chi connectivity index (χ0n) is 10.6. The van der Waals surface area contributed by atoms with Crippen molar-refractivity contribution in [1.29, 1.82) is 0 Å². The predicted octanol–water partition coefficient (Wildman–Crippen LogP) is 3.61. The maximum Gasteiger partial charge on any atom is 0.416 e. The van der Waals surface area contributed by atoms with Crippen LogP contribution in [0.2, 0.25) is 0 Å². The first-order chi connectivity index (χ1) is 9.95. The number of nitrogens with one attached hydrogen (secondary N) is 1. The van der Waals surface area contributed by atoms with Gasteiger partial charge in [0.2, 0.25) is 5.56 Å². The van der Waals surface area contributed by atoms with Gasteiger partial charge in [-0.2, -0.15) is 13.2 Å². The van der Waals surface area contributed by atoms with E-state index in [0.717, 1.165) is 6.07 Å². The highest BCUT2D eigenvalue weighted by Crippen LogP contribution is 2.32. The fraction of sp³-hybridized carbons (Fsp3) is 0.0667. The molecule has 0 bridgehead atoms. The molecule has 106 valence electrons. The van der Waals surface area contributed by atoms with Crippen LogP contribution in [-0.4, -0.2) is 9.97 Å². The van der Waals surface area contributed by atoms with Gasteiger partial charge in [0.1, 0.15) is 0 Å². The molecule has 1 aromatic carbocycles. The minimum absolute atomic E-state index is 0.119. The predicted molar refractivity (Wildman–Crippen MR) is 72.8 cm³/mol. The van der Waals surface area contributed by atoms with E-state index in [-0.39, 0.29) is 5.69 Å². The average molecular weight is 290 g/mol. The molecule has 0 aliphatic heterocycles. The summed E-state index contributed by atoms with van der Waals surface area (Å²) in [6.07, 6.45) is -2.97. The van der Waals surface area contributed by atoms with Gasteiger partial charge in [0.15, 0.2) is 0 Å². The molecule has 0 saturated heterocycles. The van der Waals surface area contributed by atoms with Crippen LogP contribution in [0.3, 0.4) is 0 Å². The van der Waals surface area contributed by atoms with Crippen LogP contribution in [0.4, 0.5) is 13.2 Å². The van der Waals surface area contributed by atoms with E-state index >= 15 is 0 Å². The number of aromatic nitrogens is 2. The molecule has 3 nitrogen and oxygen atoms in total. The van der Waals surface area contributed by atoms with Crippen LogP contribution >= 0.6 is 0 Å². The smallest absolute Gasteiger partial charge is 0.322 e. The molecule has 2 aromatic heterocycles. The number of benzene rings is 1. The SMILES string of the molecule is O=c1cc(C(F)(F)F)cc(-c2cccc3ncccc23)[nH]1. The van der Waals surface area contributed by atoms with Gasteiger partial charge in [0.05, 0.1) is 11.1 Å². The largest absolute Gasteiger partial charge is 0.416 e. The summed E-state index contributed by atoms with van der Waals surface area (Å²) in [5, 5.41) is 0.676. The molecule has 0 aliphatic carbocycles. The van der Waals surface area contributed by atoms with Gasteiger partial charge >= 0.3 is 6.18 Å². The number of pyridine rings is 2. The Balaban J connectivity index is 2.29. The van der Waals surface area contributed by atoms with Crippen molar-refractivity contribution >= 4 is 10.9 Å². The Morgan fingerprint density at radius 3 is 2.62 bits per heavy atom. The first kappa shape index (κ1) is 13.4. The monoisotopic (exact) mass is 290 g/mol. The molecule has 0 atom stereocenters. The van der Waals surface area contributed by atoms with Crippen molar-refractivity contribution in [1.82, 2.24) is 9.97 Å². The Hall–Kier alpha value is -2.63. The third kappa shape index (κ3) is 2.52. The fourth-order valence-electron chi connectivity index (χ4n) is 2.19. The number of hydrogen-bond donors (Lipinski definition) is 1. The number of aromatic amines is 1. The van der Waals surface area contributed by atoms with E-state index < -0.39 is 17.3 Å². The van der Waals surface area contributed by atoms with Crippen LogP contribution < -0.4 is 5.56 Å². The van der Waals surface area contributed by atoms with Gasteiger partial charge in [-0.05, 0) is 18.2 Å². The molecule has 2 heterocycles. The minimum atomic E-state index is -4.56. The summed E-state index contributed by atoms with van der Waals surface area (Å²) in [5.41, 5.74) is -0.492. The van der Waals surface area contributed by atoms with Crippen molar-refractivity contribution in [3.8, 4) is 11.3 Å². The minimum Gasteiger partial charge on any atom is -0.322 e. The van der Waals surface area contributed by atoms with Gasteiger partial charge in [0.25, 0.3) is 0 Å². The third-order valence-electron chi connectivity index (χ3n) is 3.11.